The SMILES string of the molecule is O=C(CCNC(=O)c1ccsc1)Oc1ccc(Oc2ccccn2)cc1. The molecule has 0 radical (unpaired) electrons. The van der Waals surface area contributed by atoms with Crippen molar-refractivity contribution in [2.24, 2.45) is 0 Å². The number of esters is 1. The molecule has 2 aromatic heterocycles. The lowest BCUT2D eigenvalue weighted by Crippen LogP contribution is -2.26. The fourth-order valence-corrected chi connectivity index (χ4v) is 2.70. The van der Waals surface area contributed by atoms with Crippen LogP contribution in [0.25, 0.3) is 0 Å². The highest BCUT2D eigenvalue weighted by Gasteiger charge is 2.09. The minimum absolute atomic E-state index is 0.0854. The number of carbonyl (C=O) groups excluding carboxylic acids is 2. The van der Waals surface area contributed by atoms with E-state index in [1.54, 1.807) is 54.0 Å². The quantitative estimate of drug-likeness (QED) is 0.509. The van der Waals surface area contributed by atoms with Crippen molar-refractivity contribution in [3.8, 4) is 17.4 Å². The van der Waals surface area contributed by atoms with Gasteiger partial charge in [-0.05, 0) is 41.8 Å². The van der Waals surface area contributed by atoms with Gasteiger partial charge < -0.3 is 14.8 Å². The summed E-state index contributed by atoms with van der Waals surface area (Å²) in [4.78, 5) is 27.7. The summed E-state index contributed by atoms with van der Waals surface area (Å²) in [6, 6.07) is 13.8. The van der Waals surface area contributed by atoms with E-state index in [1.165, 1.54) is 11.3 Å². The van der Waals surface area contributed by atoms with Crippen LogP contribution in [0.4, 0.5) is 0 Å². The van der Waals surface area contributed by atoms with Crippen LogP contribution in [0.2, 0.25) is 0 Å². The number of nitrogens with one attached hydrogen (secondary N) is 1. The van der Waals surface area contributed by atoms with Crippen LogP contribution in [0, 0.1) is 0 Å². The Morgan fingerprint density at radius 1 is 1.04 bits per heavy atom. The molecule has 7 heteroatoms. The lowest BCUT2D eigenvalue weighted by molar-refractivity contribution is -0.134. The van der Waals surface area contributed by atoms with Gasteiger partial charge in [0.15, 0.2) is 0 Å². The lowest BCUT2D eigenvalue weighted by atomic mass is 10.3. The number of benzene rings is 1. The number of pyridine rings is 1. The van der Waals surface area contributed by atoms with Crippen LogP contribution in [0.1, 0.15) is 16.8 Å². The van der Waals surface area contributed by atoms with Crippen LogP contribution in [0.15, 0.2) is 65.5 Å². The van der Waals surface area contributed by atoms with Crippen LogP contribution in [0.5, 0.6) is 17.4 Å². The average Bonchev–Trinajstić information content (AvgIpc) is 3.19. The number of hydrogen-bond donors (Lipinski definition) is 1. The van der Waals surface area contributed by atoms with Crippen LogP contribution >= 0.6 is 11.3 Å². The zero-order valence-electron chi connectivity index (χ0n) is 13.8. The first-order chi connectivity index (χ1) is 12.7. The van der Waals surface area contributed by atoms with Crippen molar-refractivity contribution in [2.45, 2.75) is 6.42 Å². The number of thiophene rings is 1. The summed E-state index contributed by atoms with van der Waals surface area (Å²) in [7, 11) is 0. The number of carbonyl (C=O) groups is 2. The van der Waals surface area contributed by atoms with E-state index in [9.17, 15) is 9.59 Å². The maximum atomic E-state index is 11.8. The Balaban J connectivity index is 1.43. The normalized spacial score (nSPS) is 10.2. The van der Waals surface area contributed by atoms with Crippen LogP contribution in [0.3, 0.4) is 0 Å². The molecule has 0 fully saturated rings. The van der Waals surface area contributed by atoms with Crippen molar-refractivity contribution in [1.82, 2.24) is 10.3 Å². The zero-order chi connectivity index (χ0) is 18.2. The molecule has 3 rings (SSSR count). The molecular formula is C19H16N2O4S. The maximum absolute atomic E-state index is 11.8. The van der Waals surface area contributed by atoms with Gasteiger partial charge in [0.05, 0.1) is 6.42 Å². The van der Waals surface area contributed by atoms with Crippen molar-refractivity contribution >= 4 is 23.2 Å². The fourth-order valence-electron chi connectivity index (χ4n) is 2.06. The van der Waals surface area contributed by atoms with Gasteiger partial charge in [-0.15, -0.1) is 0 Å². The molecule has 0 saturated heterocycles. The third-order valence-corrected chi connectivity index (χ3v) is 4.00. The molecule has 6 nitrogen and oxygen atoms in total. The molecule has 0 spiro atoms. The molecule has 0 atom stereocenters. The van der Waals surface area contributed by atoms with Gasteiger partial charge in [-0.3, -0.25) is 9.59 Å². The number of amides is 1. The largest absolute Gasteiger partial charge is 0.439 e. The van der Waals surface area contributed by atoms with Gasteiger partial charge in [-0.1, -0.05) is 6.07 Å². The molecule has 1 N–H and O–H groups in total. The summed E-state index contributed by atoms with van der Waals surface area (Å²) in [6.07, 6.45) is 1.73. The summed E-state index contributed by atoms with van der Waals surface area (Å²) in [5.74, 6) is 0.863. The monoisotopic (exact) mass is 368 g/mol. The second kappa shape index (κ2) is 8.77. The molecule has 1 aromatic carbocycles. The summed E-state index contributed by atoms with van der Waals surface area (Å²) < 4.78 is 10.8. The summed E-state index contributed by atoms with van der Waals surface area (Å²) in [6.45, 7) is 0.217. The third kappa shape index (κ3) is 5.15. The Kier molecular flexibility index (Phi) is 5.95. The van der Waals surface area contributed by atoms with Gasteiger partial charge in [0.2, 0.25) is 5.88 Å². The van der Waals surface area contributed by atoms with Crippen molar-refractivity contribution in [3.05, 3.63) is 71.1 Å². The topological polar surface area (TPSA) is 77.5 Å². The molecule has 0 aliphatic carbocycles. The van der Waals surface area contributed by atoms with E-state index < -0.39 is 5.97 Å². The highest BCUT2D eigenvalue weighted by Crippen LogP contribution is 2.22. The van der Waals surface area contributed by atoms with E-state index in [2.05, 4.69) is 10.3 Å². The number of ether oxygens (including phenoxy) is 2. The first-order valence-corrected chi connectivity index (χ1v) is 8.85. The van der Waals surface area contributed by atoms with E-state index in [-0.39, 0.29) is 18.9 Å². The average molecular weight is 368 g/mol. The van der Waals surface area contributed by atoms with E-state index in [1.807, 2.05) is 11.4 Å². The van der Waals surface area contributed by atoms with Gasteiger partial charge in [0, 0.05) is 29.8 Å². The van der Waals surface area contributed by atoms with Crippen LogP contribution < -0.4 is 14.8 Å². The molecule has 1 amide bonds. The van der Waals surface area contributed by atoms with Gasteiger partial charge in [0.25, 0.3) is 5.91 Å². The van der Waals surface area contributed by atoms with Crippen LogP contribution in [-0.4, -0.2) is 23.4 Å². The van der Waals surface area contributed by atoms with E-state index in [4.69, 9.17) is 9.47 Å². The van der Waals surface area contributed by atoms with Crippen LogP contribution in [-0.2, 0) is 4.79 Å². The first-order valence-electron chi connectivity index (χ1n) is 7.91. The number of rotatable bonds is 7. The molecule has 0 saturated carbocycles. The zero-order valence-corrected chi connectivity index (χ0v) is 14.6. The maximum Gasteiger partial charge on any atom is 0.312 e. The molecular weight excluding hydrogens is 352 g/mol. The summed E-state index contributed by atoms with van der Waals surface area (Å²) >= 11 is 1.44. The predicted molar refractivity (Wildman–Crippen MR) is 97.7 cm³/mol. The van der Waals surface area contributed by atoms with Gasteiger partial charge in [-0.2, -0.15) is 11.3 Å². The number of nitrogens with zero attached hydrogens (tertiary/aromatic N) is 1. The Morgan fingerprint density at radius 3 is 2.54 bits per heavy atom. The Labute approximate surface area is 154 Å². The van der Waals surface area contributed by atoms with E-state index >= 15 is 0 Å². The van der Waals surface area contributed by atoms with Crippen molar-refractivity contribution in [3.63, 3.8) is 0 Å². The molecule has 26 heavy (non-hydrogen) atoms. The highest BCUT2D eigenvalue weighted by atomic mass is 32.1. The van der Waals surface area contributed by atoms with E-state index in [0.717, 1.165) is 0 Å². The molecule has 0 bridgehead atoms. The smallest absolute Gasteiger partial charge is 0.312 e. The fraction of sp³-hybridized carbons (Fsp3) is 0.105. The first kappa shape index (κ1) is 17.6. The highest BCUT2D eigenvalue weighted by molar-refractivity contribution is 7.08. The molecule has 2 heterocycles. The Bertz CT molecular complexity index is 849. The molecule has 0 unspecified atom stereocenters. The Hall–Kier alpha value is -3.19. The van der Waals surface area contributed by atoms with Gasteiger partial charge >= 0.3 is 5.97 Å². The second-order valence-electron chi connectivity index (χ2n) is 5.23. The van der Waals surface area contributed by atoms with E-state index in [0.29, 0.717) is 22.9 Å². The van der Waals surface area contributed by atoms with Crippen molar-refractivity contribution in [2.75, 3.05) is 6.54 Å². The minimum atomic E-state index is -0.422. The summed E-state index contributed by atoms with van der Waals surface area (Å²) in [5.41, 5.74) is 0.590. The van der Waals surface area contributed by atoms with Crippen molar-refractivity contribution in [1.29, 1.82) is 0 Å². The van der Waals surface area contributed by atoms with Crippen molar-refractivity contribution < 1.29 is 19.1 Å². The van der Waals surface area contributed by atoms with Gasteiger partial charge in [-0.25, -0.2) is 4.98 Å². The number of aromatic nitrogens is 1. The second-order valence-corrected chi connectivity index (χ2v) is 6.01. The lowest BCUT2D eigenvalue weighted by Gasteiger charge is -2.07. The third-order valence-electron chi connectivity index (χ3n) is 3.31. The standard InChI is InChI=1S/C19H16N2O4S/c22-18(8-11-21-19(23)14-9-12-26-13-14)25-16-6-4-15(5-7-16)24-17-3-1-2-10-20-17/h1-7,9-10,12-13H,8,11H2,(H,21,23). The molecule has 3 aromatic rings. The Morgan fingerprint density at radius 2 is 1.85 bits per heavy atom. The summed E-state index contributed by atoms with van der Waals surface area (Å²) in [5, 5.41) is 6.25. The number of hydrogen-bond acceptors (Lipinski definition) is 6. The molecule has 132 valence electrons. The van der Waals surface area contributed by atoms with Gasteiger partial charge in [0.1, 0.15) is 11.5 Å². The molecule has 0 aliphatic heterocycles. The molecule has 0 aliphatic rings. The predicted octanol–water partition coefficient (Wildman–Crippen LogP) is 3.66. The minimum Gasteiger partial charge on any atom is -0.439 e.